The van der Waals surface area contributed by atoms with E-state index in [4.69, 9.17) is 0 Å². The van der Waals surface area contributed by atoms with Crippen molar-refractivity contribution in [2.45, 2.75) is 31.9 Å². The third kappa shape index (κ3) is 4.03. The average molecular weight is 277 g/mol. The lowest BCUT2D eigenvalue weighted by Gasteiger charge is -2.05. The molecule has 0 N–H and O–H groups in total. The number of aromatic nitrogens is 1. The third-order valence-electron chi connectivity index (χ3n) is 3.09. The molecular weight excluding hydrogens is 258 g/mol. The molecule has 2 aromatic rings. The standard InChI is InChI=1S/C15H19NO2S/c1-2-3-6-9-19(17,18)12-13-10-14-7-4-5-8-15(14)16-11-13/h4-5,7-8,10-11H,2-3,6,9,12H2,1H3. The Bertz CT molecular complexity index is 650. The zero-order valence-corrected chi connectivity index (χ0v) is 12.0. The van der Waals surface area contributed by atoms with Crippen LogP contribution in [0.1, 0.15) is 31.7 Å². The molecule has 1 aromatic carbocycles. The molecule has 0 amide bonds. The van der Waals surface area contributed by atoms with Gasteiger partial charge in [-0.3, -0.25) is 4.98 Å². The molecule has 0 radical (unpaired) electrons. The second-order valence-corrected chi connectivity index (χ2v) is 7.02. The van der Waals surface area contributed by atoms with Crippen molar-refractivity contribution in [3.63, 3.8) is 0 Å². The fourth-order valence-electron chi connectivity index (χ4n) is 2.09. The van der Waals surface area contributed by atoms with E-state index >= 15 is 0 Å². The summed E-state index contributed by atoms with van der Waals surface area (Å²) in [5.41, 5.74) is 1.67. The van der Waals surface area contributed by atoms with E-state index in [1.807, 2.05) is 30.3 Å². The SMILES string of the molecule is CCCCCS(=O)(=O)Cc1cnc2ccccc2c1. The number of sulfone groups is 1. The highest BCUT2D eigenvalue weighted by Crippen LogP contribution is 2.15. The van der Waals surface area contributed by atoms with Crippen molar-refractivity contribution in [3.05, 3.63) is 42.1 Å². The molecule has 0 bridgehead atoms. The van der Waals surface area contributed by atoms with E-state index in [9.17, 15) is 8.42 Å². The first-order valence-corrected chi connectivity index (χ1v) is 8.47. The topological polar surface area (TPSA) is 47.0 Å². The van der Waals surface area contributed by atoms with Gasteiger partial charge in [-0.05, 0) is 24.1 Å². The van der Waals surface area contributed by atoms with E-state index in [2.05, 4.69) is 11.9 Å². The number of fused-ring (bicyclic) bond motifs is 1. The van der Waals surface area contributed by atoms with Crippen molar-refractivity contribution in [1.82, 2.24) is 4.98 Å². The van der Waals surface area contributed by atoms with E-state index < -0.39 is 9.84 Å². The largest absolute Gasteiger partial charge is 0.256 e. The van der Waals surface area contributed by atoms with Crippen molar-refractivity contribution >= 4 is 20.7 Å². The minimum absolute atomic E-state index is 0.0918. The average Bonchev–Trinajstić information content (AvgIpc) is 2.38. The quantitative estimate of drug-likeness (QED) is 0.761. The molecule has 0 fully saturated rings. The Morgan fingerprint density at radius 2 is 1.95 bits per heavy atom. The van der Waals surface area contributed by atoms with Gasteiger partial charge in [0, 0.05) is 11.6 Å². The molecule has 19 heavy (non-hydrogen) atoms. The van der Waals surface area contributed by atoms with Gasteiger partial charge in [0.1, 0.15) is 0 Å². The van der Waals surface area contributed by atoms with E-state index in [1.54, 1.807) is 6.20 Å². The van der Waals surface area contributed by atoms with Crippen LogP contribution in [0.5, 0.6) is 0 Å². The summed E-state index contributed by atoms with van der Waals surface area (Å²) in [4.78, 5) is 4.30. The van der Waals surface area contributed by atoms with Crippen LogP contribution in [-0.2, 0) is 15.6 Å². The van der Waals surface area contributed by atoms with Gasteiger partial charge < -0.3 is 0 Å². The molecule has 0 saturated carbocycles. The van der Waals surface area contributed by atoms with Gasteiger partial charge in [0.2, 0.25) is 0 Å². The van der Waals surface area contributed by atoms with Crippen molar-refractivity contribution in [3.8, 4) is 0 Å². The Balaban J connectivity index is 2.12. The van der Waals surface area contributed by atoms with Crippen LogP contribution >= 0.6 is 0 Å². The summed E-state index contributed by atoms with van der Waals surface area (Å²) in [5, 5.41) is 0.990. The van der Waals surface area contributed by atoms with Gasteiger partial charge in [-0.2, -0.15) is 0 Å². The van der Waals surface area contributed by atoms with Crippen LogP contribution in [0.2, 0.25) is 0 Å². The predicted molar refractivity (Wildman–Crippen MR) is 78.8 cm³/mol. The highest BCUT2D eigenvalue weighted by molar-refractivity contribution is 7.90. The Labute approximate surface area is 114 Å². The van der Waals surface area contributed by atoms with Gasteiger partial charge in [-0.1, -0.05) is 38.0 Å². The summed E-state index contributed by atoms with van der Waals surface area (Å²) in [5.74, 6) is 0.363. The maximum absolute atomic E-state index is 12.0. The molecule has 0 unspecified atom stereocenters. The molecule has 0 aliphatic carbocycles. The van der Waals surface area contributed by atoms with Gasteiger partial charge in [0.05, 0.1) is 17.0 Å². The number of benzene rings is 1. The van der Waals surface area contributed by atoms with Crippen LogP contribution < -0.4 is 0 Å². The van der Waals surface area contributed by atoms with Crippen LogP contribution in [0.4, 0.5) is 0 Å². The zero-order chi connectivity index (χ0) is 13.7. The summed E-state index contributed by atoms with van der Waals surface area (Å²) in [6.45, 7) is 2.07. The molecule has 2 rings (SSSR count). The van der Waals surface area contributed by atoms with Gasteiger partial charge in [0.15, 0.2) is 9.84 Å². The van der Waals surface area contributed by atoms with Gasteiger partial charge in [0.25, 0.3) is 0 Å². The van der Waals surface area contributed by atoms with Crippen molar-refractivity contribution in [2.75, 3.05) is 5.75 Å². The minimum atomic E-state index is -3.02. The Morgan fingerprint density at radius 1 is 1.16 bits per heavy atom. The first-order chi connectivity index (χ1) is 9.11. The van der Waals surface area contributed by atoms with Crippen LogP contribution in [0.25, 0.3) is 10.9 Å². The molecule has 0 spiro atoms. The molecule has 102 valence electrons. The number of hydrogen-bond acceptors (Lipinski definition) is 3. The molecule has 1 aromatic heterocycles. The van der Waals surface area contributed by atoms with Crippen molar-refractivity contribution in [2.24, 2.45) is 0 Å². The Hall–Kier alpha value is -1.42. The Morgan fingerprint density at radius 3 is 2.74 bits per heavy atom. The van der Waals surface area contributed by atoms with Crippen LogP contribution in [0, 0.1) is 0 Å². The third-order valence-corrected chi connectivity index (χ3v) is 4.78. The fourth-order valence-corrected chi connectivity index (χ4v) is 3.55. The van der Waals surface area contributed by atoms with E-state index in [1.165, 1.54) is 0 Å². The summed E-state index contributed by atoms with van der Waals surface area (Å²) in [6, 6.07) is 9.66. The molecule has 3 nitrogen and oxygen atoms in total. The molecule has 0 saturated heterocycles. The lowest BCUT2D eigenvalue weighted by atomic mass is 10.2. The van der Waals surface area contributed by atoms with Crippen LogP contribution in [0.15, 0.2) is 36.5 Å². The maximum Gasteiger partial charge on any atom is 0.154 e. The summed E-state index contributed by atoms with van der Waals surface area (Å²) < 4.78 is 24.0. The molecule has 0 aliphatic heterocycles. The normalized spacial score (nSPS) is 11.8. The lowest BCUT2D eigenvalue weighted by molar-refractivity contribution is 0.590. The fraction of sp³-hybridized carbons (Fsp3) is 0.400. The number of pyridine rings is 1. The van der Waals surface area contributed by atoms with Crippen LogP contribution in [0.3, 0.4) is 0 Å². The lowest BCUT2D eigenvalue weighted by Crippen LogP contribution is -2.09. The number of nitrogens with zero attached hydrogens (tertiary/aromatic N) is 1. The van der Waals surface area contributed by atoms with Crippen molar-refractivity contribution in [1.29, 1.82) is 0 Å². The van der Waals surface area contributed by atoms with Crippen molar-refractivity contribution < 1.29 is 8.42 Å². The molecule has 0 aliphatic rings. The molecule has 4 heteroatoms. The monoisotopic (exact) mass is 277 g/mol. The second-order valence-electron chi connectivity index (χ2n) is 4.84. The predicted octanol–water partition coefficient (Wildman–Crippen LogP) is 3.34. The van der Waals surface area contributed by atoms with Gasteiger partial charge in [-0.15, -0.1) is 0 Å². The molecule has 1 heterocycles. The van der Waals surface area contributed by atoms with Gasteiger partial charge >= 0.3 is 0 Å². The smallest absolute Gasteiger partial charge is 0.154 e. The second kappa shape index (κ2) is 6.15. The molecule has 0 atom stereocenters. The first-order valence-electron chi connectivity index (χ1n) is 6.65. The first kappa shape index (κ1) is 14.0. The van der Waals surface area contributed by atoms with E-state index in [0.717, 1.165) is 35.7 Å². The van der Waals surface area contributed by atoms with Crippen LogP contribution in [-0.4, -0.2) is 19.2 Å². The highest BCUT2D eigenvalue weighted by atomic mass is 32.2. The summed E-state index contributed by atoms with van der Waals surface area (Å²) >= 11 is 0. The summed E-state index contributed by atoms with van der Waals surface area (Å²) in [6.07, 6.45) is 4.42. The minimum Gasteiger partial charge on any atom is -0.256 e. The number of rotatable bonds is 6. The summed E-state index contributed by atoms with van der Waals surface area (Å²) in [7, 11) is -3.02. The zero-order valence-electron chi connectivity index (χ0n) is 11.2. The van der Waals surface area contributed by atoms with E-state index in [0.29, 0.717) is 0 Å². The highest BCUT2D eigenvalue weighted by Gasteiger charge is 2.12. The maximum atomic E-state index is 12.0. The number of para-hydroxylation sites is 1. The van der Waals surface area contributed by atoms with Gasteiger partial charge in [-0.25, -0.2) is 8.42 Å². The number of hydrogen-bond donors (Lipinski definition) is 0. The number of unbranched alkanes of at least 4 members (excludes halogenated alkanes) is 2. The Kier molecular flexibility index (Phi) is 4.53. The van der Waals surface area contributed by atoms with E-state index in [-0.39, 0.29) is 11.5 Å². The molecular formula is C15H19NO2S.